The summed E-state index contributed by atoms with van der Waals surface area (Å²) in [6, 6.07) is -10.2. The molecule has 0 radical (unpaired) electrons. The Kier molecular flexibility index (Phi) is 27.0. The van der Waals surface area contributed by atoms with Gasteiger partial charge in [0.25, 0.3) is 0 Å². The largest absolute Gasteiger partial charge is 0.481 e. The summed E-state index contributed by atoms with van der Waals surface area (Å²) in [7, 11) is 0. The minimum absolute atomic E-state index is 0.0123. The molecule has 0 saturated carbocycles. The highest BCUT2D eigenvalue weighted by Gasteiger charge is 2.36. The lowest BCUT2D eigenvalue weighted by Gasteiger charge is -2.31. The number of carboxylic acids is 3. The summed E-state index contributed by atoms with van der Waals surface area (Å²) in [5, 5.41) is 42.9. The number of carbonyl (C=O) groups excluding carboxylic acids is 7. The van der Waals surface area contributed by atoms with Crippen LogP contribution in [0.1, 0.15) is 93.4 Å². The lowest BCUT2D eigenvalue weighted by molar-refractivity contribution is -0.157. The standard InChI is InChI=1S/C39H69N9O14S/c1-9-20(6)32(48-35(57)22(40)10-11-28(49)50)38(60)46-26(16-30(53)54)39(61)62-27(23(41)14-18(2)3)17-43-24(12-13-63-8)36(58)47-31(19(4)5)37(59)44-21(7)34(56)45-25(33(42)55)15-29(51)52/h18-27,31-32,43H,9-17,40-41H2,1-8H3,(H2,42,55)(H,44,59)(H,45,56)(H,46,60)(H,47,58)(H,48,57)(H,49,50)(H,51,52)(H,53,54)/t20-,21-,22-,23-,24-,25-,26-,27-,31-,32-/m0/s1. The van der Waals surface area contributed by atoms with Crippen molar-refractivity contribution in [2.75, 3.05) is 18.6 Å². The van der Waals surface area contributed by atoms with E-state index in [4.69, 9.17) is 32.2 Å². The van der Waals surface area contributed by atoms with Gasteiger partial charge >= 0.3 is 23.9 Å². The second-order valence-corrected chi connectivity index (χ2v) is 17.1. The minimum Gasteiger partial charge on any atom is -0.481 e. The van der Waals surface area contributed by atoms with Gasteiger partial charge in [-0.15, -0.1) is 0 Å². The molecule has 6 amide bonds. The van der Waals surface area contributed by atoms with E-state index >= 15 is 0 Å². The van der Waals surface area contributed by atoms with E-state index < -0.39 is 145 Å². The molecular weight excluding hydrogens is 851 g/mol. The van der Waals surface area contributed by atoms with Crippen LogP contribution in [0.25, 0.3) is 0 Å². The predicted molar refractivity (Wildman–Crippen MR) is 230 cm³/mol. The smallest absolute Gasteiger partial charge is 0.329 e. The van der Waals surface area contributed by atoms with Crippen LogP contribution in [0.5, 0.6) is 0 Å². The van der Waals surface area contributed by atoms with Crippen LogP contribution >= 0.6 is 11.8 Å². The highest BCUT2D eigenvalue weighted by molar-refractivity contribution is 7.98. The molecule has 0 spiro atoms. The molecule has 0 aliphatic heterocycles. The number of hydrogen-bond acceptors (Lipinski definition) is 15. The first-order valence-corrected chi connectivity index (χ1v) is 22.1. The molecule has 0 aliphatic rings. The fourth-order valence-electron chi connectivity index (χ4n) is 5.88. The van der Waals surface area contributed by atoms with E-state index in [9.17, 15) is 53.1 Å². The normalized spacial score (nSPS) is 16.1. The van der Waals surface area contributed by atoms with E-state index in [0.717, 1.165) is 0 Å². The van der Waals surface area contributed by atoms with Gasteiger partial charge in [-0.25, -0.2) is 4.79 Å². The Hall–Kier alpha value is -5.07. The molecule has 0 rings (SSSR count). The lowest BCUT2D eigenvalue weighted by Crippen LogP contribution is -2.59. The Morgan fingerprint density at radius 1 is 0.651 bits per heavy atom. The van der Waals surface area contributed by atoms with Crippen molar-refractivity contribution < 1.29 is 68.0 Å². The molecule has 360 valence electrons. The molecular formula is C39H69N9O14S. The quantitative estimate of drug-likeness (QED) is 0.0317. The van der Waals surface area contributed by atoms with Crippen LogP contribution in [0, 0.1) is 17.8 Å². The summed E-state index contributed by atoms with van der Waals surface area (Å²) in [4.78, 5) is 126. The molecule has 15 N–H and O–H groups in total. The third-order valence-corrected chi connectivity index (χ3v) is 10.4. The molecule has 24 heteroatoms. The fourth-order valence-corrected chi connectivity index (χ4v) is 6.35. The topological polar surface area (TPSA) is 391 Å². The first-order valence-electron chi connectivity index (χ1n) is 20.7. The van der Waals surface area contributed by atoms with E-state index in [1.54, 1.807) is 34.0 Å². The number of primary amides is 1. The number of carboxylic acid groups (broad SMARTS) is 3. The van der Waals surface area contributed by atoms with Crippen LogP contribution < -0.4 is 49.1 Å². The molecule has 0 aromatic heterocycles. The summed E-state index contributed by atoms with van der Waals surface area (Å²) in [6.07, 6.45) is -0.854. The second kappa shape index (κ2) is 29.3. The van der Waals surface area contributed by atoms with Gasteiger partial charge in [-0.3, -0.25) is 43.2 Å². The van der Waals surface area contributed by atoms with Crippen molar-refractivity contribution in [3.63, 3.8) is 0 Å². The van der Waals surface area contributed by atoms with E-state index in [2.05, 4.69) is 31.9 Å². The highest BCUT2D eigenvalue weighted by atomic mass is 32.2. The van der Waals surface area contributed by atoms with Crippen LogP contribution in [0.15, 0.2) is 0 Å². The lowest BCUT2D eigenvalue weighted by atomic mass is 9.97. The Morgan fingerprint density at radius 2 is 1.19 bits per heavy atom. The minimum atomic E-state index is -1.77. The molecule has 0 aromatic carbocycles. The van der Waals surface area contributed by atoms with E-state index in [1.807, 2.05) is 13.8 Å². The van der Waals surface area contributed by atoms with Gasteiger partial charge in [0.15, 0.2) is 0 Å². The zero-order valence-corrected chi connectivity index (χ0v) is 38.1. The van der Waals surface area contributed by atoms with Crippen molar-refractivity contribution in [1.82, 2.24) is 31.9 Å². The SMILES string of the molecule is CC[C@H](C)[C@H](NC(=O)[C@@H](N)CCC(=O)O)C(=O)N[C@@H](CC(=O)O)C(=O)O[C@@H](CN[C@@H](CCSC)C(=O)N[C@H](C(=O)N[C@@H](C)C(=O)N[C@@H](CC(=O)O)C(N)=O)C(C)C)[C@@H](N)CC(C)C. The third kappa shape index (κ3) is 22.7. The zero-order valence-electron chi connectivity index (χ0n) is 37.3. The number of hydrogen-bond donors (Lipinski definition) is 12. The van der Waals surface area contributed by atoms with Gasteiger partial charge in [0, 0.05) is 19.0 Å². The maximum absolute atomic E-state index is 13.8. The number of rotatable bonds is 32. The molecule has 0 bridgehead atoms. The number of thioether (sulfide) groups is 1. The molecule has 0 saturated heterocycles. The van der Waals surface area contributed by atoms with Crippen LogP contribution in [0.4, 0.5) is 0 Å². The van der Waals surface area contributed by atoms with E-state index in [-0.39, 0.29) is 25.3 Å². The first kappa shape index (κ1) is 57.9. The number of amides is 6. The number of nitrogens with two attached hydrogens (primary N) is 3. The van der Waals surface area contributed by atoms with Gasteiger partial charge < -0.3 is 69.2 Å². The summed E-state index contributed by atoms with van der Waals surface area (Å²) in [5.41, 5.74) is 17.5. The van der Waals surface area contributed by atoms with Gasteiger partial charge in [-0.2, -0.15) is 11.8 Å². The Balaban J connectivity index is 6.33. The monoisotopic (exact) mass is 919 g/mol. The molecule has 63 heavy (non-hydrogen) atoms. The average Bonchev–Trinajstić information content (AvgIpc) is 3.18. The van der Waals surface area contributed by atoms with Gasteiger partial charge in [-0.05, 0) is 55.9 Å². The zero-order chi connectivity index (χ0) is 48.7. The fraction of sp³-hybridized carbons (Fsp3) is 0.744. The molecule has 0 unspecified atom stereocenters. The number of aliphatic carboxylic acids is 3. The third-order valence-electron chi connectivity index (χ3n) is 9.80. The van der Waals surface area contributed by atoms with Crippen LogP contribution in [0.3, 0.4) is 0 Å². The summed E-state index contributed by atoms with van der Waals surface area (Å²) < 4.78 is 5.77. The number of esters is 1. The van der Waals surface area contributed by atoms with Gasteiger partial charge in [0.2, 0.25) is 35.4 Å². The maximum Gasteiger partial charge on any atom is 0.329 e. The van der Waals surface area contributed by atoms with Gasteiger partial charge in [-0.1, -0.05) is 48.0 Å². The highest BCUT2D eigenvalue weighted by Crippen LogP contribution is 2.14. The number of nitrogens with one attached hydrogen (secondary N) is 6. The van der Waals surface area contributed by atoms with Crippen molar-refractivity contribution in [1.29, 1.82) is 0 Å². The molecule has 0 aliphatic carbocycles. The van der Waals surface area contributed by atoms with Gasteiger partial charge in [0.1, 0.15) is 36.3 Å². The van der Waals surface area contributed by atoms with Crippen molar-refractivity contribution in [2.45, 2.75) is 148 Å². The summed E-state index contributed by atoms with van der Waals surface area (Å²) in [6.45, 7) is 11.4. The Morgan fingerprint density at radius 3 is 1.68 bits per heavy atom. The Bertz CT molecular complexity index is 1590. The maximum atomic E-state index is 13.8. The van der Waals surface area contributed by atoms with E-state index in [0.29, 0.717) is 18.6 Å². The number of carbonyl (C=O) groups is 10. The van der Waals surface area contributed by atoms with Crippen LogP contribution in [-0.4, -0.2) is 148 Å². The Labute approximate surface area is 371 Å². The molecule has 10 atom stereocenters. The van der Waals surface area contributed by atoms with Crippen LogP contribution in [0.2, 0.25) is 0 Å². The van der Waals surface area contributed by atoms with Crippen molar-refractivity contribution in [3.05, 3.63) is 0 Å². The molecule has 0 heterocycles. The van der Waals surface area contributed by atoms with Crippen LogP contribution in [-0.2, 0) is 52.7 Å². The van der Waals surface area contributed by atoms with Crippen molar-refractivity contribution in [2.24, 2.45) is 35.0 Å². The second-order valence-electron chi connectivity index (χ2n) is 16.1. The molecule has 23 nitrogen and oxygen atoms in total. The predicted octanol–water partition coefficient (Wildman–Crippen LogP) is -2.24. The van der Waals surface area contributed by atoms with Gasteiger partial charge in [0.05, 0.1) is 24.9 Å². The molecule has 0 aromatic rings. The summed E-state index contributed by atoms with van der Waals surface area (Å²) >= 11 is 1.41. The molecule has 0 fully saturated rings. The number of ether oxygens (including phenoxy) is 1. The van der Waals surface area contributed by atoms with Crippen molar-refractivity contribution in [3.8, 4) is 0 Å². The van der Waals surface area contributed by atoms with Crippen molar-refractivity contribution >= 4 is 71.1 Å². The average molecular weight is 920 g/mol. The summed E-state index contributed by atoms with van der Waals surface area (Å²) in [5.74, 6) is -11.0. The van der Waals surface area contributed by atoms with E-state index in [1.165, 1.54) is 18.7 Å². The first-order chi connectivity index (χ1) is 29.2.